The van der Waals surface area contributed by atoms with Crippen molar-refractivity contribution in [2.45, 2.75) is 18.8 Å². The summed E-state index contributed by atoms with van der Waals surface area (Å²) in [5, 5.41) is 6.38. The average Bonchev–Trinajstić information content (AvgIpc) is 2.94. The Morgan fingerprint density at radius 3 is 3.00 bits per heavy atom. The maximum absolute atomic E-state index is 10.4. The molecule has 0 aromatic carbocycles. The lowest BCUT2D eigenvalue weighted by atomic mass is 10.4. The van der Waals surface area contributed by atoms with Crippen LogP contribution in [0.5, 0.6) is 0 Å². The number of carbonyl (C=O) groups is 1. The van der Waals surface area contributed by atoms with E-state index in [0.717, 1.165) is 11.0 Å². The second kappa shape index (κ2) is 4.43. The molecule has 1 fully saturated rings. The molecule has 1 saturated carbocycles. The Labute approximate surface area is 91.4 Å². The van der Waals surface area contributed by atoms with Gasteiger partial charge in [-0.25, -0.2) is 9.78 Å². The fourth-order valence-electron chi connectivity index (χ4n) is 1.17. The summed E-state index contributed by atoms with van der Waals surface area (Å²) >= 11 is 1.36. The van der Waals surface area contributed by atoms with Crippen molar-refractivity contribution in [2.75, 3.05) is 18.4 Å². The molecule has 1 aliphatic rings. The molecule has 1 aromatic heterocycles. The first-order chi connectivity index (χ1) is 7.25. The fraction of sp³-hybridized carbons (Fsp3) is 0.625. The minimum atomic E-state index is -0.507. The highest BCUT2D eigenvalue weighted by Crippen LogP contribution is 2.39. The first-order valence-electron chi connectivity index (χ1n) is 4.86. The maximum Gasteiger partial charge on any atom is 0.312 e. The lowest BCUT2D eigenvalue weighted by Crippen LogP contribution is -2.33. The van der Waals surface area contributed by atoms with Gasteiger partial charge in [-0.15, -0.1) is 0 Å². The van der Waals surface area contributed by atoms with Crippen LogP contribution in [0.4, 0.5) is 9.93 Å². The summed E-state index contributed by atoms with van der Waals surface area (Å²) in [5.74, 6) is 1.53. The Balaban J connectivity index is 1.71. The van der Waals surface area contributed by atoms with Gasteiger partial charge in [0.05, 0.1) is 0 Å². The monoisotopic (exact) mass is 227 g/mol. The molecule has 0 aliphatic heterocycles. The van der Waals surface area contributed by atoms with E-state index in [1.165, 1.54) is 24.4 Å². The predicted molar refractivity (Wildman–Crippen MR) is 58.0 cm³/mol. The Hall–Kier alpha value is -1.37. The van der Waals surface area contributed by atoms with Crippen LogP contribution in [0, 0.1) is 0 Å². The third-order valence-corrected chi connectivity index (χ3v) is 2.77. The lowest BCUT2D eigenvalue weighted by Gasteiger charge is -2.01. The van der Waals surface area contributed by atoms with Crippen LogP contribution < -0.4 is 16.4 Å². The molecule has 0 atom stereocenters. The van der Waals surface area contributed by atoms with Crippen LogP contribution in [0.3, 0.4) is 0 Å². The van der Waals surface area contributed by atoms with Gasteiger partial charge in [0.2, 0.25) is 5.13 Å². The second-order valence-corrected chi connectivity index (χ2v) is 4.20. The van der Waals surface area contributed by atoms with Crippen LogP contribution in [0.1, 0.15) is 24.6 Å². The molecule has 1 heterocycles. The number of urea groups is 1. The third kappa shape index (κ3) is 3.05. The summed E-state index contributed by atoms with van der Waals surface area (Å²) in [7, 11) is 0. The molecule has 0 bridgehead atoms. The van der Waals surface area contributed by atoms with Gasteiger partial charge in [-0.05, 0) is 12.8 Å². The van der Waals surface area contributed by atoms with Gasteiger partial charge in [-0.2, -0.15) is 4.37 Å². The van der Waals surface area contributed by atoms with E-state index in [9.17, 15) is 4.79 Å². The van der Waals surface area contributed by atoms with Gasteiger partial charge in [-0.1, -0.05) is 0 Å². The minimum absolute atomic E-state index is 0.494. The zero-order valence-electron chi connectivity index (χ0n) is 8.19. The number of rotatable bonds is 5. The number of anilines is 1. The fourth-order valence-corrected chi connectivity index (χ4v) is 1.84. The van der Waals surface area contributed by atoms with E-state index < -0.39 is 6.03 Å². The van der Waals surface area contributed by atoms with E-state index in [2.05, 4.69) is 20.0 Å². The molecule has 1 aliphatic carbocycles. The van der Waals surface area contributed by atoms with Gasteiger partial charge in [-0.3, -0.25) is 0 Å². The Kier molecular flexibility index (Phi) is 3.00. The van der Waals surface area contributed by atoms with Crippen LogP contribution in [0.15, 0.2) is 0 Å². The zero-order chi connectivity index (χ0) is 10.7. The normalized spacial score (nSPS) is 14.9. The predicted octanol–water partition coefficient (Wildman–Crippen LogP) is 0.496. The van der Waals surface area contributed by atoms with Crippen molar-refractivity contribution < 1.29 is 4.79 Å². The van der Waals surface area contributed by atoms with Crippen molar-refractivity contribution in [3.05, 3.63) is 5.82 Å². The van der Waals surface area contributed by atoms with Crippen molar-refractivity contribution in [2.24, 2.45) is 5.73 Å². The second-order valence-electron chi connectivity index (χ2n) is 3.45. The van der Waals surface area contributed by atoms with E-state index in [1.807, 2.05) is 0 Å². The molecule has 1 aromatic rings. The smallest absolute Gasteiger partial charge is 0.312 e. The molecule has 2 amide bonds. The zero-order valence-corrected chi connectivity index (χ0v) is 9.01. The van der Waals surface area contributed by atoms with E-state index in [0.29, 0.717) is 19.0 Å². The number of primary amides is 1. The van der Waals surface area contributed by atoms with Gasteiger partial charge in [0.15, 0.2) is 0 Å². The third-order valence-electron chi connectivity index (χ3n) is 2.08. The average molecular weight is 227 g/mol. The number of nitrogens with two attached hydrogens (primary N) is 1. The van der Waals surface area contributed by atoms with Crippen molar-refractivity contribution in [1.29, 1.82) is 0 Å². The van der Waals surface area contributed by atoms with Gasteiger partial charge < -0.3 is 16.4 Å². The van der Waals surface area contributed by atoms with Gasteiger partial charge in [0.25, 0.3) is 0 Å². The summed E-state index contributed by atoms with van der Waals surface area (Å²) in [6.07, 6.45) is 2.42. The molecule has 4 N–H and O–H groups in total. The van der Waals surface area contributed by atoms with E-state index in [4.69, 9.17) is 5.73 Å². The quantitative estimate of drug-likeness (QED) is 0.638. The summed E-state index contributed by atoms with van der Waals surface area (Å²) in [6, 6.07) is -0.507. The van der Waals surface area contributed by atoms with Crippen molar-refractivity contribution in [1.82, 2.24) is 14.7 Å². The van der Waals surface area contributed by atoms with Gasteiger partial charge >= 0.3 is 6.03 Å². The number of hydrogen-bond acceptors (Lipinski definition) is 5. The van der Waals surface area contributed by atoms with E-state index >= 15 is 0 Å². The Bertz CT molecular complexity index is 349. The molecule has 0 radical (unpaired) electrons. The molecule has 7 heteroatoms. The van der Waals surface area contributed by atoms with Gasteiger partial charge in [0, 0.05) is 30.5 Å². The SMILES string of the molecule is NC(=O)NCCNc1nc(C2CC2)ns1. The minimum Gasteiger partial charge on any atom is -0.359 e. The highest BCUT2D eigenvalue weighted by molar-refractivity contribution is 7.09. The highest BCUT2D eigenvalue weighted by atomic mass is 32.1. The van der Waals surface area contributed by atoms with E-state index in [-0.39, 0.29) is 0 Å². The van der Waals surface area contributed by atoms with Crippen molar-refractivity contribution >= 4 is 22.7 Å². The molecule has 2 rings (SSSR count). The Morgan fingerprint density at radius 2 is 2.33 bits per heavy atom. The topological polar surface area (TPSA) is 92.9 Å². The number of aromatic nitrogens is 2. The largest absolute Gasteiger partial charge is 0.359 e. The molecular weight excluding hydrogens is 214 g/mol. The summed E-state index contributed by atoms with van der Waals surface area (Å²) < 4.78 is 4.25. The summed E-state index contributed by atoms with van der Waals surface area (Å²) in [4.78, 5) is 14.7. The van der Waals surface area contributed by atoms with Crippen molar-refractivity contribution in [3.63, 3.8) is 0 Å². The van der Waals surface area contributed by atoms with Crippen LogP contribution in [0.25, 0.3) is 0 Å². The molecule has 6 nitrogen and oxygen atoms in total. The molecule has 82 valence electrons. The van der Waals surface area contributed by atoms with Crippen molar-refractivity contribution in [3.8, 4) is 0 Å². The highest BCUT2D eigenvalue weighted by Gasteiger charge is 2.27. The summed E-state index contributed by atoms with van der Waals surface area (Å²) in [6.45, 7) is 1.11. The first kappa shape index (κ1) is 10.2. The Morgan fingerprint density at radius 1 is 1.53 bits per heavy atom. The maximum atomic E-state index is 10.4. The van der Waals surface area contributed by atoms with Crippen LogP contribution in [-0.4, -0.2) is 28.5 Å². The number of nitrogens with zero attached hydrogens (tertiary/aromatic N) is 2. The molecule has 15 heavy (non-hydrogen) atoms. The van der Waals surface area contributed by atoms with Gasteiger partial charge in [0.1, 0.15) is 5.82 Å². The van der Waals surface area contributed by atoms with Crippen LogP contribution in [0.2, 0.25) is 0 Å². The standard InChI is InChI=1S/C8H13N5OS/c9-7(14)10-3-4-11-8-12-6(13-15-8)5-1-2-5/h5H,1-4H2,(H3,9,10,14)(H,11,12,13). The van der Waals surface area contributed by atoms with Crippen LogP contribution >= 0.6 is 11.5 Å². The van der Waals surface area contributed by atoms with Crippen LogP contribution in [-0.2, 0) is 0 Å². The first-order valence-corrected chi connectivity index (χ1v) is 5.64. The van der Waals surface area contributed by atoms with E-state index in [1.54, 1.807) is 0 Å². The number of carbonyl (C=O) groups excluding carboxylic acids is 1. The molecule has 0 unspecified atom stereocenters. The molecule has 0 spiro atoms. The number of amides is 2. The molecular formula is C8H13N5OS. The molecule has 0 saturated heterocycles. The number of nitrogens with one attached hydrogen (secondary N) is 2. The summed E-state index contributed by atoms with van der Waals surface area (Å²) in [5.41, 5.74) is 4.92. The lowest BCUT2D eigenvalue weighted by molar-refractivity contribution is 0.249. The number of hydrogen-bond donors (Lipinski definition) is 3.